The van der Waals surface area contributed by atoms with Crippen molar-refractivity contribution in [2.75, 3.05) is 27.2 Å². The Morgan fingerprint density at radius 1 is 1.40 bits per heavy atom. The van der Waals surface area contributed by atoms with Crippen molar-refractivity contribution < 1.29 is 13.2 Å². The molecule has 0 aromatic heterocycles. The molecule has 0 radical (unpaired) electrons. The molecule has 0 bridgehead atoms. The maximum absolute atomic E-state index is 12.3. The van der Waals surface area contributed by atoms with Crippen molar-refractivity contribution in [1.29, 1.82) is 0 Å². The number of rotatable bonds is 5. The van der Waals surface area contributed by atoms with Crippen LogP contribution < -0.4 is 5.32 Å². The van der Waals surface area contributed by atoms with E-state index in [1.54, 1.807) is 0 Å². The summed E-state index contributed by atoms with van der Waals surface area (Å²) < 4.78 is 26.8. The Hall–Kier alpha value is -0.660. The van der Waals surface area contributed by atoms with Gasteiger partial charge in [-0.1, -0.05) is 6.92 Å². The quantitative estimate of drug-likeness (QED) is 0.817. The van der Waals surface area contributed by atoms with Gasteiger partial charge < -0.3 is 5.32 Å². The minimum Gasteiger partial charge on any atom is -0.351 e. The lowest BCUT2D eigenvalue weighted by atomic mass is 9.95. The fourth-order valence-corrected chi connectivity index (χ4v) is 3.31. The van der Waals surface area contributed by atoms with Crippen LogP contribution in [0.25, 0.3) is 0 Å². The predicted octanol–water partition coefficient (Wildman–Crippen LogP) is 0.810. The van der Waals surface area contributed by atoms with E-state index in [9.17, 15) is 13.2 Å². The van der Waals surface area contributed by atoms with E-state index < -0.39 is 10.2 Å². The Balaban J connectivity index is 2.73. The van der Waals surface area contributed by atoms with Crippen LogP contribution in [-0.2, 0) is 15.0 Å². The van der Waals surface area contributed by atoms with E-state index in [4.69, 9.17) is 0 Å². The second-order valence-corrected chi connectivity index (χ2v) is 8.36. The summed E-state index contributed by atoms with van der Waals surface area (Å²) in [5.74, 6) is -0.306. The fourth-order valence-electron chi connectivity index (χ4n) is 2.12. The van der Waals surface area contributed by atoms with Crippen LogP contribution in [0.2, 0.25) is 0 Å². The average Bonchev–Trinajstić information content (AvgIpc) is 2.38. The zero-order chi connectivity index (χ0) is 15.6. The molecule has 0 saturated carbocycles. The van der Waals surface area contributed by atoms with Gasteiger partial charge in [-0.05, 0) is 33.1 Å². The third-order valence-corrected chi connectivity index (χ3v) is 5.80. The van der Waals surface area contributed by atoms with Gasteiger partial charge in [0.1, 0.15) is 0 Å². The molecule has 20 heavy (non-hydrogen) atoms. The van der Waals surface area contributed by atoms with Crippen molar-refractivity contribution in [3.05, 3.63) is 0 Å². The standard InChI is InChI=1S/C13H27N3O3S/c1-6-13(2,3)14-12(17)11-8-7-9-16(10-11)20(18,19)15(4)5/h11H,6-10H2,1-5H3,(H,14,17)/t11-/m0/s1. The molecule has 1 fully saturated rings. The first-order valence-corrected chi connectivity index (χ1v) is 8.49. The van der Waals surface area contributed by atoms with Crippen molar-refractivity contribution in [3.8, 4) is 0 Å². The second-order valence-electron chi connectivity index (χ2n) is 6.21. The van der Waals surface area contributed by atoms with Crippen LogP contribution in [-0.4, -0.2) is 55.7 Å². The van der Waals surface area contributed by atoms with Gasteiger partial charge in [-0.3, -0.25) is 4.79 Å². The van der Waals surface area contributed by atoms with Gasteiger partial charge in [-0.2, -0.15) is 17.0 Å². The summed E-state index contributed by atoms with van der Waals surface area (Å²) in [6, 6.07) is 0. The molecule has 1 atom stereocenters. The van der Waals surface area contributed by atoms with E-state index in [2.05, 4.69) is 5.32 Å². The summed E-state index contributed by atoms with van der Waals surface area (Å²) in [5.41, 5.74) is -0.250. The van der Waals surface area contributed by atoms with Crippen molar-refractivity contribution >= 4 is 16.1 Å². The van der Waals surface area contributed by atoms with Gasteiger partial charge in [0, 0.05) is 32.7 Å². The highest BCUT2D eigenvalue weighted by molar-refractivity contribution is 7.86. The van der Waals surface area contributed by atoms with Crippen LogP contribution in [0.1, 0.15) is 40.0 Å². The number of hydrogen-bond donors (Lipinski definition) is 1. The Morgan fingerprint density at radius 2 is 2.00 bits per heavy atom. The molecule has 0 unspecified atom stereocenters. The Morgan fingerprint density at radius 3 is 2.50 bits per heavy atom. The number of hydrogen-bond acceptors (Lipinski definition) is 3. The highest BCUT2D eigenvalue weighted by atomic mass is 32.2. The van der Waals surface area contributed by atoms with Crippen LogP contribution in [0.5, 0.6) is 0 Å². The lowest BCUT2D eigenvalue weighted by molar-refractivity contribution is -0.127. The van der Waals surface area contributed by atoms with Gasteiger partial charge in [-0.15, -0.1) is 0 Å². The third kappa shape index (κ3) is 4.17. The number of carbonyl (C=O) groups excluding carboxylic acids is 1. The zero-order valence-corrected chi connectivity index (χ0v) is 14.0. The molecule has 1 heterocycles. The molecule has 0 spiro atoms. The molecular weight excluding hydrogens is 278 g/mol. The van der Waals surface area contributed by atoms with Crippen LogP contribution in [0, 0.1) is 5.92 Å². The van der Waals surface area contributed by atoms with Crippen LogP contribution in [0.4, 0.5) is 0 Å². The van der Waals surface area contributed by atoms with Crippen LogP contribution >= 0.6 is 0 Å². The van der Waals surface area contributed by atoms with Crippen molar-refractivity contribution in [2.45, 2.75) is 45.6 Å². The third-order valence-electron chi connectivity index (χ3n) is 3.89. The number of nitrogens with one attached hydrogen (secondary N) is 1. The summed E-state index contributed by atoms with van der Waals surface area (Å²) >= 11 is 0. The monoisotopic (exact) mass is 305 g/mol. The van der Waals surface area contributed by atoms with Crippen molar-refractivity contribution in [1.82, 2.24) is 13.9 Å². The van der Waals surface area contributed by atoms with Crippen LogP contribution in [0.15, 0.2) is 0 Å². The molecule has 1 rings (SSSR count). The Kier molecular flexibility index (Phi) is 5.57. The van der Waals surface area contributed by atoms with E-state index >= 15 is 0 Å². The van der Waals surface area contributed by atoms with E-state index in [0.717, 1.165) is 19.3 Å². The summed E-state index contributed by atoms with van der Waals surface area (Å²) in [5, 5.41) is 3.00. The number of piperidine rings is 1. The first-order valence-electron chi connectivity index (χ1n) is 7.10. The smallest absolute Gasteiger partial charge is 0.281 e. The van der Waals surface area contributed by atoms with E-state index in [0.29, 0.717) is 6.54 Å². The van der Waals surface area contributed by atoms with Crippen molar-refractivity contribution in [3.63, 3.8) is 0 Å². The minimum absolute atomic E-state index is 0.0458. The van der Waals surface area contributed by atoms with Gasteiger partial charge in [0.15, 0.2) is 0 Å². The fraction of sp³-hybridized carbons (Fsp3) is 0.923. The topological polar surface area (TPSA) is 69.7 Å². The lowest BCUT2D eigenvalue weighted by Gasteiger charge is -2.34. The molecule has 1 amide bonds. The Labute approximate surface area is 122 Å². The summed E-state index contributed by atoms with van der Waals surface area (Å²) in [6.45, 7) is 6.72. The van der Waals surface area contributed by atoms with Gasteiger partial charge in [-0.25, -0.2) is 0 Å². The number of nitrogens with zero attached hydrogens (tertiary/aromatic N) is 2. The second kappa shape index (κ2) is 6.41. The normalized spacial score (nSPS) is 22.0. The summed E-state index contributed by atoms with van der Waals surface area (Å²) in [4.78, 5) is 12.3. The lowest BCUT2D eigenvalue weighted by Crippen LogP contribution is -2.52. The summed E-state index contributed by atoms with van der Waals surface area (Å²) in [6.07, 6.45) is 2.30. The maximum atomic E-state index is 12.3. The van der Waals surface area contributed by atoms with Crippen LogP contribution in [0.3, 0.4) is 0 Å². The molecular formula is C13H27N3O3S. The molecule has 1 N–H and O–H groups in total. The highest BCUT2D eigenvalue weighted by Gasteiger charge is 2.34. The van der Waals surface area contributed by atoms with Crippen molar-refractivity contribution in [2.24, 2.45) is 5.92 Å². The van der Waals surface area contributed by atoms with Gasteiger partial charge in [0.25, 0.3) is 10.2 Å². The average molecular weight is 305 g/mol. The molecule has 0 aromatic carbocycles. The zero-order valence-electron chi connectivity index (χ0n) is 13.1. The summed E-state index contributed by atoms with van der Waals surface area (Å²) in [7, 11) is -0.403. The molecule has 7 heteroatoms. The van der Waals surface area contributed by atoms with Gasteiger partial charge in [0.05, 0.1) is 5.92 Å². The van der Waals surface area contributed by atoms with E-state index in [1.165, 1.54) is 22.7 Å². The first-order chi connectivity index (χ1) is 9.10. The molecule has 118 valence electrons. The molecule has 1 saturated heterocycles. The van der Waals surface area contributed by atoms with E-state index in [1.807, 2.05) is 20.8 Å². The maximum Gasteiger partial charge on any atom is 0.281 e. The molecule has 1 aliphatic rings. The first kappa shape index (κ1) is 17.4. The molecule has 0 aromatic rings. The van der Waals surface area contributed by atoms with Gasteiger partial charge in [0.2, 0.25) is 5.91 Å². The SMILES string of the molecule is CCC(C)(C)NC(=O)[C@H]1CCCN(S(=O)(=O)N(C)C)C1. The largest absolute Gasteiger partial charge is 0.351 e. The minimum atomic E-state index is -3.43. The Bertz CT molecular complexity index is 446. The number of amides is 1. The number of carbonyl (C=O) groups is 1. The molecule has 6 nitrogen and oxygen atoms in total. The van der Waals surface area contributed by atoms with Gasteiger partial charge >= 0.3 is 0 Å². The molecule has 1 aliphatic heterocycles. The van der Waals surface area contributed by atoms with E-state index in [-0.39, 0.29) is 23.9 Å². The molecule has 0 aliphatic carbocycles. The highest BCUT2D eigenvalue weighted by Crippen LogP contribution is 2.21. The predicted molar refractivity (Wildman–Crippen MR) is 79.4 cm³/mol.